The number of rotatable bonds is 1. The minimum Gasteiger partial charge on any atom is -0.494 e. The number of aryl methyl sites for hydroxylation is 1. The molecule has 3 aliphatic heterocycles. The Hall–Kier alpha value is -4.53. The number of nitrogens with zero attached hydrogens (tertiary/aromatic N) is 5. The van der Waals surface area contributed by atoms with Crippen molar-refractivity contribution in [1.29, 1.82) is 0 Å². The highest BCUT2D eigenvalue weighted by atomic mass is 19.1. The molecule has 0 unspecified atom stereocenters. The molecule has 3 aromatic carbocycles. The summed E-state index contributed by atoms with van der Waals surface area (Å²) in [6.07, 6.45) is 2.99. The highest BCUT2D eigenvalue weighted by Gasteiger charge is 2.61. The smallest absolute Gasteiger partial charge is 0.257 e. The first-order valence-corrected chi connectivity index (χ1v) is 13.1. The summed E-state index contributed by atoms with van der Waals surface area (Å²) in [6, 6.07) is 20.7. The van der Waals surface area contributed by atoms with E-state index in [1.165, 1.54) is 12.1 Å². The van der Waals surface area contributed by atoms with Gasteiger partial charge in [0.05, 0.1) is 31.0 Å². The zero-order valence-corrected chi connectivity index (χ0v) is 21.2. The lowest BCUT2D eigenvalue weighted by Crippen LogP contribution is -2.45. The second-order valence-electron chi connectivity index (χ2n) is 10.3. The van der Waals surface area contributed by atoms with Gasteiger partial charge in [-0.2, -0.15) is 0 Å². The van der Waals surface area contributed by atoms with Gasteiger partial charge in [-0.25, -0.2) is 4.39 Å². The number of hydrogen-bond acceptors (Lipinski definition) is 5. The summed E-state index contributed by atoms with van der Waals surface area (Å²) in [4.78, 5) is 32.0. The topological polar surface area (TPSA) is 80.6 Å². The normalized spacial score (nSPS) is 22.0. The zero-order chi connectivity index (χ0) is 26.6. The van der Waals surface area contributed by atoms with E-state index in [0.29, 0.717) is 37.6 Å². The third-order valence-corrected chi connectivity index (χ3v) is 8.07. The molecular weight excluding hydrogens is 497 g/mol. The van der Waals surface area contributed by atoms with Crippen molar-refractivity contribution in [1.82, 2.24) is 19.9 Å². The van der Waals surface area contributed by atoms with Gasteiger partial charge in [0.25, 0.3) is 5.91 Å². The number of carbonyl (C=O) groups is 2. The van der Waals surface area contributed by atoms with E-state index in [0.717, 1.165) is 23.2 Å². The van der Waals surface area contributed by atoms with Crippen molar-refractivity contribution in [2.75, 3.05) is 18.1 Å². The van der Waals surface area contributed by atoms with Gasteiger partial charge in [-0.05, 0) is 47.9 Å². The number of amides is 2. The number of ether oxygens (including phenoxy) is 1. The largest absolute Gasteiger partial charge is 0.494 e. The third-order valence-electron chi connectivity index (χ3n) is 8.07. The summed E-state index contributed by atoms with van der Waals surface area (Å²) < 4.78 is 22.7. The maximum atomic E-state index is 14.8. The van der Waals surface area contributed by atoms with Crippen LogP contribution >= 0.6 is 0 Å². The molecule has 1 spiro atoms. The Bertz CT molecular complexity index is 1600. The molecule has 2 amide bonds. The van der Waals surface area contributed by atoms with Crippen molar-refractivity contribution in [2.45, 2.75) is 37.4 Å². The summed E-state index contributed by atoms with van der Waals surface area (Å²) in [5.74, 6) is -0.475. The molecule has 2 atom stereocenters. The molecule has 0 N–H and O–H groups in total. The summed E-state index contributed by atoms with van der Waals surface area (Å²) in [5, 5.41) is 8.56. The molecule has 1 fully saturated rings. The predicted octanol–water partition coefficient (Wildman–Crippen LogP) is 4.27. The molecule has 0 saturated carbocycles. The number of halogens is 1. The van der Waals surface area contributed by atoms with E-state index in [4.69, 9.17) is 4.74 Å². The number of fused-ring (bicyclic) bond motifs is 8. The van der Waals surface area contributed by atoms with Gasteiger partial charge in [0.15, 0.2) is 0 Å². The van der Waals surface area contributed by atoms with E-state index >= 15 is 0 Å². The first-order valence-electron chi connectivity index (χ1n) is 13.1. The van der Waals surface area contributed by atoms with Crippen molar-refractivity contribution in [3.8, 4) is 5.75 Å². The van der Waals surface area contributed by atoms with Crippen LogP contribution in [0.5, 0.6) is 5.75 Å². The number of aromatic nitrogens is 3. The lowest BCUT2D eigenvalue weighted by atomic mass is 9.72. The molecule has 0 radical (unpaired) electrons. The molecular formula is C30H26FN5O3. The van der Waals surface area contributed by atoms with Gasteiger partial charge in [-0.15, -0.1) is 5.10 Å². The molecule has 39 heavy (non-hydrogen) atoms. The van der Waals surface area contributed by atoms with Crippen LogP contribution in [0.3, 0.4) is 0 Å². The average Bonchev–Trinajstić information content (AvgIpc) is 3.64. The molecule has 6 bridgehead atoms. The minimum atomic E-state index is -1.05. The number of benzene rings is 3. The molecule has 1 saturated heterocycles. The molecule has 1 aromatic heterocycles. The Morgan fingerprint density at radius 2 is 1.87 bits per heavy atom. The van der Waals surface area contributed by atoms with Crippen molar-refractivity contribution in [3.05, 3.63) is 107 Å². The van der Waals surface area contributed by atoms with Gasteiger partial charge < -0.3 is 14.5 Å². The van der Waals surface area contributed by atoms with E-state index in [1.807, 2.05) is 54.7 Å². The monoisotopic (exact) mass is 523 g/mol. The molecule has 8 nitrogen and oxygen atoms in total. The Balaban J connectivity index is 1.43. The van der Waals surface area contributed by atoms with Crippen LogP contribution in [0.1, 0.15) is 46.1 Å². The molecule has 0 aliphatic carbocycles. The molecule has 9 heteroatoms. The quantitative estimate of drug-likeness (QED) is 0.372. The fourth-order valence-corrected chi connectivity index (χ4v) is 6.39. The van der Waals surface area contributed by atoms with E-state index in [9.17, 15) is 14.0 Å². The Morgan fingerprint density at radius 3 is 2.77 bits per heavy atom. The summed E-state index contributed by atoms with van der Waals surface area (Å²) in [6.45, 7) is 1.67. The predicted molar refractivity (Wildman–Crippen MR) is 141 cm³/mol. The number of anilines is 1. The van der Waals surface area contributed by atoms with Crippen molar-refractivity contribution < 1.29 is 18.7 Å². The lowest BCUT2D eigenvalue weighted by molar-refractivity contribution is -0.124. The summed E-state index contributed by atoms with van der Waals surface area (Å²) in [7, 11) is 0. The minimum absolute atomic E-state index is 0.00922. The van der Waals surface area contributed by atoms with Gasteiger partial charge in [-0.1, -0.05) is 47.7 Å². The SMILES string of the molecule is O=C(c1ccccc1F)N1CC[C@@]23C(=O)N(Cc4cn(nn4)CCCOc4cccc(c4)[C@H]12)c1ccccc13. The van der Waals surface area contributed by atoms with Gasteiger partial charge in [0.2, 0.25) is 5.91 Å². The Kier molecular flexibility index (Phi) is 5.47. The Labute approximate surface area is 224 Å². The van der Waals surface area contributed by atoms with Crippen molar-refractivity contribution in [2.24, 2.45) is 0 Å². The maximum Gasteiger partial charge on any atom is 0.257 e. The number of hydrogen-bond donors (Lipinski definition) is 0. The van der Waals surface area contributed by atoms with Crippen LogP contribution < -0.4 is 9.64 Å². The summed E-state index contributed by atoms with van der Waals surface area (Å²) in [5.41, 5.74) is 2.05. The zero-order valence-electron chi connectivity index (χ0n) is 21.2. The maximum absolute atomic E-state index is 14.8. The van der Waals surface area contributed by atoms with Crippen LogP contribution in [-0.2, 0) is 23.3 Å². The molecule has 196 valence electrons. The lowest BCUT2D eigenvalue weighted by Gasteiger charge is -2.35. The number of likely N-dealkylation sites (tertiary alicyclic amines) is 1. The highest BCUT2D eigenvalue weighted by molar-refractivity contribution is 6.10. The summed E-state index contributed by atoms with van der Waals surface area (Å²) >= 11 is 0. The van der Waals surface area contributed by atoms with Gasteiger partial charge in [-0.3, -0.25) is 14.3 Å². The van der Waals surface area contributed by atoms with E-state index in [-0.39, 0.29) is 18.0 Å². The van der Waals surface area contributed by atoms with E-state index in [1.54, 1.807) is 26.6 Å². The Morgan fingerprint density at radius 1 is 1.03 bits per heavy atom. The fraction of sp³-hybridized carbons (Fsp3) is 0.267. The second kappa shape index (κ2) is 9.04. The molecule has 3 aliphatic rings. The van der Waals surface area contributed by atoms with Crippen LogP contribution in [0.2, 0.25) is 0 Å². The van der Waals surface area contributed by atoms with Gasteiger partial charge in [0, 0.05) is 25.2 Å². The standard InChI is InChI=1S/C30H26FN5O3/c31-25-11-3-1-9-23(25)28(37)35-15-13-30-24-10-2-4-12-26(24)36(29(30)38)19-21-18-34(33-32-21)14-6-16-39-22-8-5-7-20(17-22)27(30)35/h1-5,7-12,17-18,27H,6,13-16,19H2/t27-,30-/m0/s1. The van der Waals surface area contributed by atoms with Crippen LogP contribution in [0, 0.1) is 5.82 Å². The highest BCUT2D eigenvalue weighted by Crippen LogP contribution is 2.57. The molecule has 7 rings (SSSR count). The number of para-hydroxylation sites is 1. The molecule has 4 aromatic rings. The van der Waals surface area contributed by atoms with Crippen LogP contribution in [-0.4, -0.2) is 44.9 Å². The van der Waals surface area contributed by atoms with Gasteiger partial charge >= 0.3 is 0 Å². The first-order chi connectivity index (χ1) is 19.1. The van der Waals surface area contributed by atoms with Crippen LogP contribution in [0.25, 0.3) is 0 Å². The second-order valence-corrected chi connectivity index (χ2v) is 10.3. The third kappa shape index (κ3) is 3.64. The van der Waals surface area contributed by atoms with Crippen LogP contribution in [0.15, 0.2) is 79.0 Å². The van der Waals surface area contributed by atoms with Gasteiger partial charge in [0.1, 0.15) is 22.7 Å². The van der Waals surface area contributed by atoms with E-state index in [2.05, 4.69) is 10.3 Å². The van der Waals surface area contributed by atoms with Crippen molar-refractivity contribution in [3.63, 3.8) is 0 Å². The fourth-order valence-electron chi connectivity index (χ4n) is 6.39. The molecule has 4 heterocycles. The number of carbonyl (C=O) groups excluding carboxylic acids is 2. The van der Waals surface area contributed by atoms with E-state index < -0.39 is 23.2 Å². The first kappa shape index (κ1) is 23.6. The average molecular weight is 524 g/mol. The van der Waals surface area contributed by atoms with Crippen LogP contribution in [0.4, 0.5) is 10.1 Å². The van der Waals surface area contributed by atoms with Crippen molar-refractivity contribution >= 4 is 17.5 Å².